The molecule has 1 aliphatic rings. The predicted molar refractivity (Wildman–Crippen MR) is 120 cm³/mol. The lowest BCUT2D eigenvalue weighted by Gasteiger charge is -2.35. The summed E-state index contributed by atoms with van der Waals surface area (Å²) >= 11 is 0. The first-order valence-electron chi connectivity index (χ1n) is 10.7. The fourth-order valence-corrected chi connectivity index (χ4v) is 3.72. The summed E-state index contributed by atoms with van der Waals surface area (Å²) in [5, 5.41) is 9.62. The van der Waals surface area contributed by atoms with Crippen LogP contribution >= 0.6 is 0 Å². The normalized spacial score (nSPS) is 19.8. The molecule has 0 radical (unpaired) electrons. The average molecular weight is 383 g/mol. The Kier molecular flexibility index (Phi) is 8.41. The van der Waals surface area contributed by atoms with Gasteiger partial charge >= 0.3 is 0 Å². The third-order valence-electron chi connectivity index (χ3n) is 5.61. The summed E-state index contributed by atoms with van der Waals surface area (Å²) in [6.07, 6.45) is 15.8. The van der Waals surface area contributed by atoms with E-state index in [1.807, 2.05) is 12.1 Å². The fourth-order valence-electron chi connectivity index (χ4n) is 3.72. The number of benzene rings is 1. The summed E-state index contributed by atoms with van der Waals surface area (Å²) in [5.74, 6) is 1.26. The van der Waals surface area contributed by atoms with Gasteiger partial charge in [-0.05, 0) is 110 Å². The van der Waals surface area contributed by atoms with Crippen molar-refractivity contribution in [2.45, 2.75) is 91.6 Å². The van der Waals surface area contributed by atoms with Crippen molar-refractivity contribution in [2.75, 3.05) is 0 Å². The molecule has 2 nitrogen and oxygen atoms in total. The van der Waals surface area contributed by atoms with E-state index in [4.69, 9.17) is 4.74 Å². The van der Waals surface area contributed by atoms with Gasteiger partial charge in [-0.1, -0.05) is 34.9 Å². The summed E-state index contributed by atoms with van der Waals surface area (Å²) in [5.41, 5.74) is 5.39. The smallest absolute Gasteiger partial charge is 0.123 e. The first-order chi connectivity index (χ1) is 13.3. The Morgan fingerprint density at radius 2 is 1.64 bits per heavy atom. The Bertz CT molecular complexity index is 735. The molecular weight excluding hydrogens is 344 g/mol. The lowest BCUT2D eigenvalue weighted by molar-refractivity contribution is 0.0570. The van der Waals surface area contributed by atoms with Crippen molar-refractivity contribution >= 4 is 0 Å². The minimum absolute atomic E-state index is 0.109. The van der Waals surface area contributed by atoms with Crippen molar-refractivity contribution in [3.05, 3.63) is 58.7 Å². The Hall–Kier alpha value is -1.96. The molecule has 1 aromatic rings. The monoisotopic (exact) mass is 382 g/mol. The van der Waals surface area contributed by atoms with Gasteiger partial charge in [0.15, 0.2) is 0 Å². The molecule has 2 heteroatoms. The first kappa shape index (κ1) is 22.3. The van der Waals surface area contributed by atoms with E-state index in [9.17, 15) is 5.11 Å². The molecule has 154 valence electrons. The number of rotatable bonds is 9. The van der Waals surface area contributed by atoms with E-state index in [1.165, 1.54) is 23.1 Å². The van der Waals surface area contributed by atoms with Crippen LogP contribution < -0.4 is 4.74 Å². The summed E-state index contributed by atoms with van der Waals surface area (Å²) < 4.78 is 6.27. The first-order valence-corrected chi connectivity index (χ1v) is 10.7. The van der Waals surface area contributed by atoms with Crippen LogP contribution in [0.25, 0.3) is 0 Å². The van der Waals surface area contributed by atoms with Crippen LogP contribution in [0.4, 0.5) is 0 Å². The fraction of sp³-hybridized carbons (Fsp3) is 0.538. The van der Waals surface area contributed by atoms with Gasteiger partial charge in [-0.3, -0.25) is 0 Å². The van der Waals surface area contributed by atoms with Gasteiger partial charge in [-0.2, -0.15) is 0 Å². The third kappa shape index (κ3) is 7.58. The van der Waals surface area contributed by atoms with E-state index in [2.05, 4.69) is 52.8 Å². The number of fused-ring (bicyclic) bond motifs is 1. The topological polar surface area (TPSA) is 29.5 Å². The molecule has 0 fully saturated rings. The zero-order valence-electron chi connectivity index (χ0n) is 18.5. The van der Waals surface area contributed by atoms with Gasteiger partial charge in [0.2, 0.25) is 0 Å². The molecule has 0 saturated heterocycles. The maximum absolute atomic E-state index is 9.62. The maximum Gasteiger partial charge on any atom is 0.123 e. The molecule has 0 amide bonds. The highest BCUT2D eigenvalue weighted by Gasteiger charge is 2.30. The Labute approximate surface area is 172 Å². The van der Waals surface area contributed by atoms with Crippen molar-refractivity contribution in [3.63, 3.8) is 0 Å². The molecule has 0 aliphatic carbocycles. The van der Waals surface area contributed by atoms with Crippen molar-refractivity contribution in [2.24, 2.45) is 0 Å². The minimum Gasteiger partial charge on any atom is -0.508 e. The van der Waals surface area contributed by atoms with Gasteiger partial charge < -0.3 is 9.84 Å². The van der Waals surface area contributed by atoms with Gasteiger partial charge in [-0.15, -0.1) is 0 Å². The third-order valence-corrected chi connectivity index (χ3v) is 5.61. The summed E-state index contributed by atoms with van der Waals surface area (Å²) in [4.78, 5) is 0. The summed E-state index contributed by atoms with van der Waals surface area (Å²) in [6.45, 7) is 11.0. The van der Waals surface area contributed by atoms with Crippen LogP contribution in [0.5, 0.6) is 11.5 Å². The van der Waals surface area contributed by atoms with Crippen LogP contribution in [0, 0.1) is 0 Å². The largest absolute Gasteiger partial charge is 0.508 e. The SMILES string of the molecule is CC(C)=CCCC(C)=CCCC(C)=CCCC1(C)CCc2cc(O)ccc2O1. The van der Waals surface area contributed by atoms with E-state index < -0.39 is 0 Å². The highest BCUT2D eigenvalue weighted by atomic mass is 16.5. The lowest BCUT2D eigenvalue weighted by Crippen LogP contribution is -2.36. The molecule has 28 heavy (non-hydrogen) atoms. The number of phenolic OH excluding ortho intramolecular Hbond substituents is 1. The number of hydrogen-bond acceptors (Lipinski definition) is 2. The molecule has 0 bridgehead atoms. The highest BCUT2D eigenvalue weighted by Crippen LogP contribution is 2.37. The Morgan fingerprint density at radius 3 is 2.32 bits per heavy atom. The van der Waals surface area contributed by atoms with Gasteiger partial charge in [0.25, 0.3) is 0 Å². The molecular formula is C26H38O2. The molecule has 1 aromatic carbocycles. The number of aryl methyl sites for hydroxylation is 1. The summed E-state index contributed by atoms with van der Waals surface area (Å²) in [7, 11) is 0. The molecule has 0 aromatic heterocycles. The zero-order chi connectivity index (χ0) is 20.6. The number of hydrogen-bond donors (Lipinski definition) is 1. The van der Waals surface area contributed by atoms with E-state index in [-0.39, 0.29) is 5.60 Å². The van der Waals surface area contributed by atoms with Crippen molar-refractivity contribution in [1.82, 2.24) is 0 Å². The van der Waals surface area contributed by atoms with Gasteiger partial charge in [0, 0.05) is 0 Å². The number of phenols is 1. The van der Waals surface area contributed by atoms with Crippen molar-refractivity contribution < 1.29 is 9.84 Å². The molecule has 1 atom stereocenters. The highest BCUT2D eigenvalue weighted by molar-refractivity contribution is 5.41. The lowest BCUT2D eigenvalue weighted by atomic mass is 9.88. The molecule has 2 rings (SSSR count). The maximum atomic E-state index is 9.62. The van der Waals surface area contributed by atoms with E-state index in [0.717, 1.165) is 56.3 Å². The van der Waals surface area contributed by atoms with Gasteiger partial charge in [0.1, 0.15) is 17.1 Å². The second kappa shape index (κ2) is 10.5. The molecule has 1 heterocycles. The average Bonchev–Trinajstić information content (AvgIpc) is 2.61. The predicted octanol–water partition coefficient (Wildman–Crippen LogP) is 7.68. The van der Waals surface area contributed by atoms with Crippen LogP contribution in [0.3, 0.4) is 0 Å². The number of ether oxygens (including phenoxy) is 1. The molecule has 1 unspecified atom stereocenters. The van der Waals surface area contributed by atoms with Crippen LogP contribution in [-0.2, 0) is 6.42 Å². The van der Waals surface area contributed by atoms with E-state index in [0.29, 0.717) is 5.75 Å². The second-order valence-corrected chi connectivity index (χ2v) is 8.84. The van der Waals surface area contributed by atoms with Crippen LogP contribution in [-0.4, -0.2) is 10.7 Å². The molecule has 1 aliphatic heterocycles. The minimum atomic E-state index is -0.109. The zero-order valence-corrected chi connectivity index (χ0v) is 18.5. The number of aromatic hydroxyl groups is 1. The standard InChI is InChI=1S/C26H38O2/c1-20(2)9-6-10-21(3)11-7-12-22(4)13-8-17-26(5)18-16-23-19-24(27)14-15-25(23)28-26/h9,11,13-15,19,27H,6-8,10,12,16-18H2,1-5H3. The quantitative estimate of drug-likeness (QED) is 0.444. The molecule has 1 N–H and O–H groups in total. The van der Waals surface area contributed by atoms with Crippen LogP contribution in [0.15, 0.2) is 53.1 Å². The van der Waals surface area contributed by atoms with E-state index in [1.54, 1.807) is 6.07 Å². The van der Waals surface area contributed by atoms with E-state index >= 15 is 0 Å². The van der Waals surface area contributed by atoms with Crippen molar-refractivity contribution in [3.8, 4) is 11.5 Å². The van der Waals surface area contributed by atoms with Gasteiger partial charge in [0.05, 0.1) is 0 Å². The second-order valence-electron chi connectivity index (χ2n) is 8.84. The number of allylic oxidation sites excluding steroid dienone is 6. The Morgan fingerprint density at radius 1 is 1.00 bits per heavy atom. The van der Waals surface area contributed by atoms with Crippen LogP contribution in [0.1, 0.15) is 85.1 Å². The van der Waals surface area contributed by atoms with Crippen LogP contribution in [0.2, 0.25) is 0 Å². The Balaban J connectivity index is 1.74. The van der Waals surface area contributed by atoms with Crippen molar-refractivity contribution in [1.29, 1.82) is 0 Å². The molecule has 0 saturated carbocycles. The molecule has 0 spiro atoms. The van der Waals surface area contributed by atoms with Gasteiger partial charge in [-0.25, -0.2) is 0 Å². The summed E-state index contributed by atoms with van der Waals surface area (Å²) in [6, 6.07) is 5.44.